The molecule has 1 amide bonds. The van der Waals surface area contributed by atoms with Gasteiger partial charge in [0.1, 0.15) is 0 Å². The highest BCUT2D eigenvalue weighted by molar-refractivity contribution is 9.10. The molecule has 1 aromatic rings. The normalized spacial score (nSPS) is 21.1. The highest BCUT2D eigenvalue weighted by atomic mass is 79.9. The van der Waals surface area contributed by atoms with Crippen LogP contribution in [0.5, 0.6) is 0 Å². The molecule has 1 aliphatic heterocycles. The molecule has 0 aliphatic carbocycles. The molecule has 1 saturated heterocycles. The number of ether oxygens (including phenoxy) is 1. The molecule has 0 spiro atoms. The van der Waals surface area contributed by atoms with Crippen molar-refractivity contribution >= 4 is 33.5 Å². The highest BCUT2D eigenvalue weighted by Gasteiger charge is 2.29. The van der Waals surface area contributed by atoms with Crippen LogP contribution >= 0.6 is 15.9 Å². The number of halogens is 1. The van der Waals surface area contributed by atoms with Gasteiger partial charge in [0.2, 0.25) is 5.91 Å². The van der Waals surface area contributed by atoms with E-state index in [1.165, 1.54) is 0 Å². The average Bonchev–Trinajstić information content (AvgIpc) is 2.87. The second kappa shape index (κ2) is 7.04. The van der Waals surface area contributed by atoms with E-state index in [2.05, 4.69) is 33.5 Å². The van der Waals surface area contributed by atoms with Crippen molar-refractivity contribution in [3.8, 4) is 0 Å². The van der Waals surface area contributed by atoms with E-state index >= 15 is 0 Å². The van der Waals surface area contributed by atoms with E-state index < -0.39 is 0 Å². The van der Waals surface area contributed by atoms with Crippen molar-refractivity contribution in [3.05, 3.63) is 28.2 Å². The van der Waals surface area contributed by atoms with Gasteiger partial charge in [0, 0.05) is 11.0 Å². The molecule has 0 aromatic heterocycles. The fourth-order valence-corrected chi connectivity index (χ4v) is 2.82. The Hall–Kier alpha value is -1.40. The summed E-state index contributed by atoms with van der Waals surface area (Å²) in [7, 11) is 0. The van der Waals surface area contributed by atoms with Gasteiger partial charge in [0.25, 0.3) is 0 Å². The molecule has 0 unspecified atom stereocenters. The molecule has 1 fully saturated rings. The lowest BCUT2D eigenvalue weighted by Crippen LogP contribution is -2.28. The summed E-state index contributed by atoms with van der Waals surface area (Å²) in [6, 6.07) is 5.01. The minimum atomic E-state index is -0.371. The lowest BCUT2D eigenvalue weighted by atomic mass is 9.97. The average molecular weight is 355 g/mol. The maximum atomic E-state index is 12.2. The maximum absolute atomic E-state index is 12.2. The van der Waals surface area contributed by atoms with Crippen molar-refractivity contribution in [2.45, 2.75) is 13.8 Å². The first-order chi connectivity index (χ1) is 10.0. The molecule has 1 aliphatic rings. The first-order valence-electron chi connectivity index (χ1n) is 7.01. The van der Waals surface area contributed by atoms with Gasteiger partial charge in [-0.2, -0.15) is 0 Å². The van der Waals surface area contributed by atoms with Gasteiger partial charge in [0.05, 0.1) is 23.8 Å². The predicted molar refractivity (Wildman–Crippen MR) is 84.3 cm³/mol. The van der Waals surface area contributed by atoms with Crippen molar-refractivity contribution in [3.63, 3.8) is 0 Å². The largest absolute Gasteiger partial charge is 0.462 e. The number of anilines is 1. The monoisotopic (exact) mass is 354 g/mol. The Balaban J connectivity index is 2.07. The Kier molecular flexibility index (Phi) is 5.36. The highest BCUT2D eigenvalue weighted by Crippen LogP contribution is 2.26. The summed E-state index contributed by atoms with van der Waals surface area (Å²) in [5.74, 6) is -0.0778. The zero-order chi connectivity index (χ0) is 15.4. The van der Waals surface area contributed by atoms with Crippen LogP contribution in [0.1, 0.15) is 24.2 Å². The zero-order valence-corrected chi connectivity index (χ0v) is 13.7. The molecule has 5 nitrogen and oxygen atoms in total. The Bertz CT molecular complexity index is 548. The molecule has 1 aromatic carbocycles. The molecule has 0 bridgehead atoms. The quantitative estimate of drug-likeness (QED) is 0.814. The Labute approximate surface area is 132 Å². The molecule has 1 heterocycles. The first-order valence-corrected chi connectivity index (χ1v) is 7.80. The number of carbonyl (C=O) groups excluding carboxylic acids is 2. The summed E-state index contributed by atoms with van der Waals surface area (Å²) in [6.45, 7) is 5.72. The third-order valence-electron chi connectivity index (χ3n) is 3.59. The van der Waals surface area contributed by atoms with Crippen molar-refractivity contribution in [1.29, 1.82) is 0 Å². The number of esters is 1. The molecule has 0 radical (unpaired) electrons. The smallest absolute Gasteiger partial charge is 0.338 e. The molecular formula is C15H19BrN2O3. The number of hydrogen-bond donors (Lipinski definition) is 2. The fraction of sp³-hybridized carbons (Fsp3) is 0.467. The number of amides is 1. The minimum Gasteiger partial charge on any atom is -0.462 e. The van der Waals surface area contributed by atoms with Crippen LogP contribution in [-0.2, 0) is 9.53 Å². The summed E-state index contributed by atoms with van der Waals surface area (Å²) in [4.78, 5) is 23.9. The van der Waals surface area contributed by atoms with Gasteiger partial charge in [-0.05, 0) is 53.5 Å². The molecular weight excluding hydrogens is 336 g/mol. The third kappa shape index (κ3) is 3.83. The summed E-state index contributed by atoms with van der Waals surface area (Å²) in [5.41, 5.74) is 1.12. The lowest BCUT2D eigenvalue weighted by Gasteiger charge is -2.15. The zero-order valence-electron chi connectivity index (χ0n) is 12.1. The standard InChI is InChI=1S/C15H19BrN2O3/c1-3-21-15(20)10-4-5-13(12(16)6-10)18-14(19)11-8-17-7-9(11)2/h4-6,9,11,17H,3,7-8H2,1-2H3,(H,18,19)/t9-,11-/m1/s1. The summed E-state index contributed by atoms with van der Waals surface area (Å²) in [6.07, 6.45) is 0. The van der Waals surface area contributed by atoms with Gasteiger partial charge in [-0.1, -0.05) is 6.92 Å². The summed E-state index contributed by atoms with van der Waals surface area (Å²) in [5, 5.41) is 6.11. The summed E-state index contributed by atoms with van der Waals surface area (Å²) < 4.78 is 5.61. The van der Waals surface area contributed by atoms with Crippen molar-refractivity contribution < 1.29 is 14.3 Å². The van der Waals surface area contributed by atoms with Crippen LogP contribution in [0.4, 0.5) is 5.69 Å². The number of rotatable bonds is 4. The molecule has 114 valence electrons. The maximum Gasteiger partial charge on any atom is 0.338 e. The second-order valence-electron chi connectivity index (χ2n) is 5.15. The third-order valence-corrected chi connectivity index (χ3v) is 4.25. The minimum absolute atomic E-state index is 0.00270. The van der Waals surface area contributed by atoms with Crippen molar-refractivity contribution in [2.75, 3.05) is 25.0 Å². The van der Waals surface area contributed by atoms with Crippen LogP contribution in [0.3, 0.4) is 0 Å². The van der Waals surface area contributed by atoms with E-state index in [1.807, 2.05) is 0 Å². The van der Waals surface area contributed by atoms with Crippen LogP contribution in [0.25, 0.3) is 0 Å². The van der Waals surface area contributed by atoms with Gasteiger partial charge in [-0.25, -0.2) is 4.79 Å². The Morgan fingerprint density at radius 2 is 2.19 bits per heavy atom. The van der Waals surface area contributed by atoms with E-state index in [0.29, 0.717) is 34.8 Å². The molecule has 2 N–H and O–H groups in total. The van der Waals surface area contributed by atoms with Gasteiger partial charge in [-0.3, -0.25) is 4.79 Å². The topological polar surface area (TPSA) is 67.4 Å². The predicted octanol–water partition coefficient (Wildman–Crippen LogP) is 2.42. The van der Waals surface area contributed by atoms with Gasteiger partial charge >= 0.3 is 5.97 Å². The van der Waals surface area contributed by atoms with Gasteiger partial charge < -0.3 is 15.4 Å². The van der Waals surface area contributed by atoms with Crippen LogP contribution < -0.4 is 10.6 Å². The molecule has 21 heavy (non-hydrogen) atoms. The SMILES string of the molecule is CCOC(=O)c1ccc(NC(=O)[C@@H]2CNC[C@H]2C)c(Br)c1. The van der Waals surface area contributed by atoms with Gasteiger partial charge in [-0.15, -0.1) is 0 Å². The molecule has 2 atom stereocenters. The van der Waals surface area contributed by atoms with E-state index in [1.54, 1.807) is 25.1 Å². The second-order valence-corrected chi connectivity index (χ2v) is 6.00. The first kappa shape index (κ1) is 16.0. The molecule has 6 heteroatoms. The van der Waals surface area contributed by atoms with E-state index in [9.17, 15) is 9.59 Å². The lowest BCUT2D eigenvalue weighted by molar-refractivity contribution is -0.120. The molecule has 0 saturated carbocycles. The number of benzene rings is 1. The van der Waals surface area contributed by atoms with Crippen LogP contribution in [0.2, 0.25) is 0 Å². The Morgan fingerprint density at radius 3 is 2.76 bits per heavy atom. The molecule has 2 rings (SSSR count). The van der Waals surface area contributed by atoms with E-state index in [0.717, 1.165) is 6.54 Å². The van der Waals surface area contributed by atoms with Crippen molar-refractivity contribution in [2.24, 2.45) is 11.8 Å². The van der Waals surface area contributed by atoms with Crippen LogP contribution in [0, 0.1) is 11.8 Å². The number of nitrogens with one attached hydrogen (secondary N) is 2. The number of carbonyl (C=O) groups is 2. The van der Waals surface area contributed by atoms with Gasteiger partial charge in [0.15, 0.2) is 0 Å². The fourth-order valence-electron chi connectivity index (χ4n) is 2.34. The van der Waals surface area contributed by atoms with Crippen LogP contribution in [-0.4, -0.2) is 31.6 Å². The number of hydrogen-bond acceptors (Lipinski definition) is 4. The van der Waals surface area contributed by atoms with E-state index in [4.69, 9.17) is 4.74 Å². The van der Waals surface area contributed by atoms with E-state index in [-0.39, 0.29) is 17.8 Å². The van der Waals surface area contributed by atoms with Crippen molar-refractivity contribution in [1.82, 2.24) is 5.32 Å². The summed E-state index contributed by atoms with van der Waals surface area (Å²) >= 11 is 3.38. The van der Waals surface area contributed by atoms with Crippen LogP contribution in [0.15, 0.2) is 22.7 Å². The Morgan fingerprint density at radius 1 is 1.43 bits per heavy atom.